The second kappa shape index (κ2) is 22.7. The second-order valence-electron chi connectivity index (χ2n) is 17.0. The smallest absolute Gasteiger partial charge is 0.410 e. The van der Waals surface area contributed by atoms with Crippen molar-refractivity contribution in [2.24, 2.45) is 22.9 Å². The van der Waals surface area contributed by atoms with Crippen LogP contribution in [0.1, 0.15) is 92.6 Å². The van der Waals surface area contributed by atoms with E-state index in [-0.39, 0.29) is 57.2 Å². The number of aliphatic hydroxyl groups excluding tert-OH is 2. The molecule has 2 aliphatic heterocycles. The van der Waals surface area contributed by atoms with Crippen LogP contribution in [-0.2, 0) is 37.0 Å². The second-order valence-corrected chi connectivity index (χ2v) is 17.0. The van der Waals surface area contributed by atoms with Crippen LogP contribution >= 0.6 is 0 Å². The molecule has 63 heavy (non-hydrogen) atoms. The van der Waals surface area contributed by atoms with Crippen LogP contribution in [0.15, 0.2) is 96.2 Å². The van der Waals surface area contributed by atoms with Crippen molar-refractivity contribution in [1.29, 1.82) is 0 Å². The van der Waals surface area contributed by atoms with E-state index in [2.05, 4.69) is 23.7 Å². The zero-order chi connectivity index (χ0) is 44.0. The van der Waals surface area contributed by atoms with Gasteiger partial charge in [-0.3, -0.25) is 4.98 Å². The van der Waals surface area contributed by atoms with Crippen molar-refractivity contribution in [3.63, 3.8) is 0 Å². The molecule has 0 bridgehead atoms. The third kappa shape index (κ3) is 11.3. The molecule has 7 atom stereocenters. The molecule has 3 aromatic rings. The van der Waals surface area contributed by atoms with Gasteiger partial charge in [0.15, 0.2) is 0 Å². The van der Waals surface area contributed by atoms with E-state index < -0.39 is 30.1 Å². The summed E-state index contributed by atoms with van der Waals surface area (Å²) >= 11 is 0. The van der Waals surface area contributed by atoms with Gasteiger partial charge in [-0.25, -0.2) is 4.79 Å². The number of pyridine rings is 1. The summed E-state index contributed by atoms with van der Waals surface area (Å²) in [5.74, 6) is -0.616. The Labute approximate surface area is 372 Å². The lowest BCUT2D eigenvalue weighted by atomic mass is 9.55. The Balaban J connectivity index is 1.30. The normalized spacial score (nSPS) is 25.5. The number of aryl methyl sites for hydroxylation is 1. The number of aliphatic hydroxyl groups is 2. The number of aromatic nitrogens is 1. The van der Waals surface area contributed by atoms with E-state index in [1.807, 2.05) is 67.6 Å². The molecule has 1 unspecified atom stereocenters. The first-order valence-corrected chi connectivity index (χ1v) is 22.8. The van der Waals surface area contributed by atoms with Gasteiger partial charge in [-0.1, -0.05) is 66.5 Å². The topological polar surface area (TPSA) is 151 Å². The van der Waals surface area contributed by atoms with E-state index in [1.165, 1.54) is 0 Å². The van der Waals surface area contributed by atoms with E-state index in [1.54, 1.807) is 18.0 Å². The first kappa shape index (κ1) is 46.2. The Hall–Kier alpha value is -4.79. The molecule has 7 rings (SSSR count). The SMILES string of the molecule is C=CCO[C@@]12Oc3ccc(OCc4cccc(C)n4)cc3[C@H]3[C@H](CCCCO)[C@@H](CCCCO)C=C(C(=NOC4CCCCO4)C[C@@H]1N(C)C(=O)OCCOCc1ccccc1)[C@H]32. The maximum atomic E-state index is 14.2. The maximum Gasteiger partial charge on any atom is 0.410 e. The van der Waals surface area contributed by atoms with Gasteiger partial charge in [-0.2, -0.15) is 0 Å². The van der Waals surface area contributed by atoms with E-state index >= 15 is 0 Å². The number of rotatable bonds is 22. The minimum absolute atomic E-state index is 0.0521. The molecular formula is C50H65N3O10. The van der Waals surface area contributed by atoms with Crippen LogP contribution in [0.25, 0.3) is 0 Å². The summed E-state index contributed by atoms with van der Waals surface area (Å²) in [4.78, 5) is 26.7. The number of ether oxygens (including phenoxy) is 6. The number of fused-ring (bicyclic) bond motifs is 2. The quantitative estimate of drug-likeness (QED) is 0.0569. The number of unbranched alkanes of at least 4 members (excludes halogenated alkanes) is 2. The number of likely N-dealkylation sites (N-methyl/N-ethyl adjacent to an activating group) is 1. The van der Waals surface area contributed by atoms with Crippen molar-refractivity contribution in [1.82, 2.24) is 9.88 Å². The molecule has 1 amide bonds. The van der Waals surface area contributed by atoms with E-state index in [0.717, 1.165) is 73.0 Å². The fourth-order valence-electron chi connectivity index (χ4n) is 9.75. The fourth-order valence-corrected chi connectivity index (χ4v) is 9.75. The summed E-state index contributed by atoms with van der Waals surface area (Å²) in [5, 5.41) is 24.8. The molecule has 2 N–H and O–H groups in total. The highest BCUT2D eigenvalue weighted by Gasteiger charge is 2.65. The van der Waals surface area contributed by atoms with Gasteiger partial charge in [0.2, 0.25) is 12.1 Å². The number of carbonyl (C=O) groups excluding carboxylic acids is 1. The molecule has 4 aliphatic rings. The fraction of sp³-hybridized carbons (Fsp3) is 0.540. The molecule has 0 spiro atoms. The molecule has 2 fully saturated rings. The van der Waals surface area contributed by atoms with Gasteiger partial charge in [0.05, 0.1) is 43.8 Å². The lowest BCUT2D eigenvalue weighted by Crippen LogP contribution is -2.69. The summed E-state index contributed by atoms with van der Waals surface area (Å²) in [6.07, 6.45) is 10.6. The lowest BCUT2D eigenvalue weighted by molar-refractivity contribution is -0.254. The number of amides is 1. The van der Waals surface area contributed by atoms with Crippen LogP contribution in [0, 0.1) is 24.7 Å². The van der Waals surface area contributed by atoms with E-state index in [9.17, 15) is 15.0 Å². The summed E-state index contributed by atoms with van der Waals surface area (Å²) in [6, 6.07) is 21.0. The summed E-state index contributed by atoms with van der Waals surface area (Å²) in [5.41, 5.74) is 5.38. The van der Waals surface area contributed by atoms with Crippen LogP contribution in [0.5, 0.6) is 11.5 Å². The van der Waals surface area contributed by atoms with Crippen LogP contribution in [0.4, 0.5) is 4.79 Å². The zero-order valence-corrected chi connectivity index (χ0v) is 36.9. The molecule has 13 heteroatoms. The molecule has 1 aromatic heterocycles. The average molecular weight is 868 g/mol. The van der Waals surface area contributed by atoms with Crippen molar-refractivity contribution in [2.75, 3.05) is 46.7 Å². The van der Waals surface area contributed by atoms with Crippen LogP contribution < -0.4 is 9.47 Å². The predicted octanol–water partition coefficient (Wildman–Crippen LogP) is 8.41. The molecule has 1 saturated carbocycles. The standard InChI is InChI=1S/C50H65N3O10/c1-4-26-61-50-45(53(3)49(56)59-29-28-57-33-36-16-6-5-7-17-36)32-43(52-63-46-21-10-13-27-58-46)41-30-37(18-8-11-24-54)40(20-9-12-25-55)47(48(41)50)42-31-39(22-23-44(42)62-50)60-34-38-19-14-15-35(2)51-38/h4-7,14-17,19,22-23,30-31,37,40,45-48,54-55H,1,8-13,18,20-21,24-29,32-34H2,2-3H3/t37-,40+,45-,46?,47+,48+,50+/m0/s1. The number of carbonyl (C=O) groups is 1. The van der Waals surface area contributed by atoms with E-state index in [0.29, 0.717) is 49.9 Å². The zero-order valence-electron chi connectivity index (χ0n) is 36.9. The minimum atomic E-state index is -1.41. The molecule has 13 nitrogen and oxygen atoms in total. The number of nitrogens with zero attached hydrogens (tertiary/aromatic N) is 3. The number of hydrogen-bond acceptors (Lipinski definition) is 12. The Morgan fingerprint density at radius 1 is 1.00 bits per heavy atom. The summed E-state index contributed by atoms with van der Waals surface area (Å²) < 4.78 is 38.4. The van der Waals surface area contributed by atoms with Crippen molar-refractivity contribution in [3.05, 3.63) is 114 Å². The predicted molar refractivity (Wildman–Crippen MR) is 238 cm³/mol. The van der Waals surface area contributed by atoms with Crippen molar-refractivity contribution >= 4 is 11.8 Å². The molecule has 2 aliphatic carbocycles. The van der Waals surface area contributed by atoms with Crippen LogP contribution in [-0.4, -0.2) is 96.7 Å². The Bertz CT molecular complexity index is 2000. The monoisotopic (exact) mass is 867 g/mol. The third-order valence-corrected chi connectivity index (χ3v) is 12.7. The van der Waals surface area contributed by atoms with Gasteiger partial charge in [-0.15, -0.1) is 6.58 Å². The van der Waals surface area contributed by atoms with Crippen molar-refractivity contribution in [3.8, 4) is 11.5 Å². The van der Waals surface area contributed by atoms with E-state index in [4.69, 9.17) is 38.4 Å². The third-order valence-electron chi connectivity index (χ3n) is 12.7. The maximum absolute atomic E-state index is 14.2. The molecular weight excluding hydrogens is 803 g/mol. The number of allylic oxidation sites excluding steroid dienone is 1. The Morgan fingerprint density at radius 2 is 1.83 bits per heavy atom. The van der Waals surface area contributed by atoms with Gasteiger partial charge in [0.1, 0.15) is 30.8 Å². The van der Waals surface area contributed by atoms with Gasteiger partial charge < -0.3 is 48.4 Å². The number of oxime groups is 1. The summed E-state index contributed by atoms with van der Waals surface area (Å²) in [7, 11) is 1.72. The minimum Gasteiger partial charge on any atom is -0.487 e. The molecule has 0 radical (unpaired) electrons. The van der Waals surface area contributed by atoms with Gasteiger partial charge in [-0.05, 0) is 98.8 Å². The molecule has 3 heterocycles. The highest BCUT2D eigenvalue weighted by atomic mass is 16.8. The van der Waals surface area contributed by atoms with Crippen LogP contribution in [0.3, 0.4) is 0 Å². The first-order valence-electron chi connectivity index (χ1n) is 22.8. The molecule has 1 saturated heterocycles. The average Bonchev–Trinajstić information content (AvgIpc) is 3.31. The number of hydrogen-bond donors (Lipinski definition) is 2. The Morgan fingerprint density at radius 3 is 2.59 bits per heavy atom. The van der Waals surface area contributed by atoms with Crippen molar-refractivity contribution in [2.45, 2.75) is 108 Å². The van der Waals surface area contributed by atoms with Crippen molar-refractivity contribution < 1.29 is 48.3 Å². The largest absolute Gasteiger partial charge is 0.487 e. The number of benzene rings is 2. The summed E-state index contributed by atoms with van der Waals surface area (Å²) in [6.45, 7) is 7.91. The molecule has 340 valence electrons. The van der Waals surface area contributed by atoms with Gasteiger partial charge in [0.25, 0.3) is 0 Å². The lowest BCUT2D eigenvalue weighted by Gasteiger charge is -2.59. The molecule has 2 aromatic carbocycles. The Kier molecular flexibility index (Phi) is 16.7. The van der Waals surface area contributed by atoms with Gasteiger partial charge >= 0.3 is 6.09 Å². The highest BCUT2D eigenvalue weighted by Crippen LogP contribution is 2.62. The van der Waals surface area contributed by atoms with Gasteiger partial charge in [0, 0.05) is 50.3 Å². The highest BCUT2D eigenvalue weighted by molar-refractivity contribution is 6.03. The van der Waals surface area contributed by atoms with Crippen LogP contribution in [0.2, 0.25) is 0 Å². The first-order chi connectivity index (χ1) is 30.8.